The molecule has 0 aromatic heterocycles. The lowest BCUT2D eigenvalue weighted by Gasteiger charge is -2.15. The Labute approximate surface area is 104 Å². The van der Waals surface area contributed by atoms with Gasteiger partial charge in [-0.25, -0.2) is 0 Å². The summed E-state index contributed by atoms with van der Waals surface area (Å²) in [7, 11) is 0. The van der Waals surface area contributed by atoms with Gasteiger partial charge in [0.1, 0.15) is 0 Å². The molecule has 1 aromatic carbocycles. The minimum Gasteiger partial charge on any atom is -0.391 e. The summed E-state index contributed by atoms with van der Waals surface area (Å²) in [6.45, 7) is 5.93. The highest BCUT2D eigenvalue weighted by atomic mass is 16.3. The summed E-state index contributed by atoms with van der Waals surface area (Å²) in [5.74, 6) is 0. The van der Waals surface area contributed by atoms with Crippen LogP contribution in [0.5, 0.6) is 0 Å². The Hall–Kier alpha value is -0.860. The number of aliphatic hydroxyl groups is 2. The second-order valence-electron chi connectivity index (χ2n) is 4.66. The highest BCUT2D eigenvalue weighted by Crippen LogP contribution is 2.17. The van der Waals surface area contributed by atoms with Crippen LogP contribution in [0.25, 0.3) is 0 Å². The molecule has 0 amide bonds. The average molecular weight is 236 g/mol. The van der Waals surface area contributed by atoms with Crippen LogP contribution in [-0.2, 0) is 19.3 Å². The molecule has 17 heavy (non-hydrogen) atoms. The summed E-state index contributed by atoms with van der Waals surface area (Å²) in [6.07, 6.45) is 2.25. The van der Waals surface area contributed by atoms with Crippen molar-refractivity contribution in [1.29, 1.82) is 0 Å². The molecule has 2 atom stereocenters. The summed E-state index contributed by atoms with van der Waals surface area (Å²) in [4.78, 5) is 0. The minimum absolute atomic E-state index is 0.620. The number of rotatable bonds is 6. The molecule has 1 rings (SSSR count). The first kappa shape index (κ1) is 14.2. The van der Waals surface area contributed by atoms with E-state index < -0.39 is 12.2 Å². The van der Waals surface area contributed by atoms with Gasteiger partial charge in [-0.05, 0) is 49.3 Å². The molecule has 0 bridgehead atoms. The van der Waals surface area contributed by atoms with E-state index >= 15 is 0 Å². The van der Waals surface area contributed by atoms with E-state index in [1.54, 1.807) is 6.92 Å². The molecule has 2 nitrogen and oxygen atoms in total. The van der Waals surface area contributed by atoms with Crippen LogP contribution < -0.4 is 0 Å². The molecular formula is C15H24O2. The molecule has 2 heteroatoms. The van der Waals surface area contributed by atoms with Crippen LogP contribution in [0.1, 0.15) is 43.9 Å². The highest BCUT2D eigenvalue weighted by Gasteiger charge is 2.12. The van der Waals surface area contributed by atoms with Crippen LogP contribution in [0.15, 0.2) is 18.2 Å². The summed E-state index contributed by atoms with van der Waals surface area (Å²) >= 11 is 0. The van der Waals surface area contributed by atoms with E-state index in [0.29, 0.717) is 6.42 Å². The number of benzene rings is 1. The minimum atomic E-state index is -0.644. The molecule has 0 aliphatic rings. The van der Waals surface area contributed by atoms with Crippen LogP contribution in [0, 0.1) is 0 Å². The second-order valence-corrected chi connectivity index (χ2v) is 4.66. The average Bonchev–Trinajstić information content (AvgIpc) is 2.35. The monoisotopic (exact) mass is 236 g/mol. The number of aryl methyl sites for hydroxylation is 3. The first-order chi connectivity index (χ1) is 8.08. The van der Waals surface area contributed by atoms with E-state index in [4.69, 9.17) is 0 Å². The lowest BCUT2D eigenvalue weighted by Crippen LogP contribution is -2.23. The lowest BCUT2D eigenvalue weighted by atomic mass is 9.95. The number of aliphatic hydroxyl groups excluding tert-OH is 2. The highest BCUT2D eigenvalue weighted by molar-refractivity contribution is 5.32. The van der Waals surface area contributed by atoms with Gasteiger partial charge >= 0.3 is 0 Å². The molecule has 0 aliphatic heterocycles. The first-order valence-electron chi connectivity index (χ1n) is 6.55. The molecule has 0 radical (unpaired) electrons. The molecule has 1 aromatic rings. The van der Waals surface area contributed by atoms with E-state index in [1.807, 2.05) is 0 Å². The zero-order valence-electron chi connectivity index (χ0n) is 11.1. The summed E-state index contributed by atoms with van der Waals surface area (Å²) in [5, 5.41) is 18.9. The Morgan fingerprint density at radius 3 is 2.29 bits per heavy atom. The third kappa shape index (κ3) is 4.14. The Kier molecular flexibility index (Phi) is 5.66. The van der Waals surface area contributed by atoms with Crippen molar-refractivity contribution in [3.8, 4) is 0 Å². The fourth-order valence-electron chi connectivity index (χ4n) is 2.02. The lowest BCUT2D eigenvalue weighted by molar-refractivity contribution is 0.0265. The third-order valence-electron chi connectivity index (χ3n) is 3.33. The van der Waals surface area contributed by atoms with E-state index in [-0.39, 0.29) is 0 Å². The first-order valence-corrected chi connectivity index (χ1v) is 6.55. The van der Waals surface area contributed by atoms with Crippen LogP contribution in [0.3, 0.4) is 0 Å². The standard InChI is InChI=1S/C15H24O2/c1-4-12-6-7-13(5-2)14(10-12)8-9-15(17)11(3)16/h6-7,10-11,15-17H,4-5,8-9H2,1-3H3. The molecular weight excluding hydrogens is 212 g/mol. The van der Waals surface area contributed by atoms with E-state index in [1.165, 1.54) is 16.7 Å². The van der Waals surface area contributed by atoms with Crippen LogP contribution in [0.2, 0.25) is 0 Å². The van der Waals surface area contributed by atoms with Crippen molar-refractivity contribution < 1.29 is 10.2 Å². The Morgan fingerprint density at radius 2 is 1.76 bits per heavy atom. The predicted molar refractivity (Wildman–Crippen MR) is 71.2 cm³/mol. The van der Waals surface area contributed by atoms with Gasteiger partial charge in [0, 0.05) is 0 Å². The van der Waals surface area contributed by atoms with E-state index in [0.717, 1.165) is 19.3 Å². The van der Waals surface area contributed by atoms with Gasteiger partial charge in [-0.2, -0.15) is 0 Å². The summed E-state index contributed by atoms with van der Waals surface area (Å²) < 4.78 is 0. The third-order valence-corrected chi connectivity index (χ3v) is 3.33. The van der Waals surface area contributed by atoms with Crippen LogP contribution >= 0.6 is 0 Å². The topological polar surface area (TPSA) is 40.5 Å². The molecule has 0 heterocycles. The Balaban J connectivity index is 2.74. The fraction of sp³-hybridized carbons (Fsp3) is 0.600. The van der Waals surface area contributed by atoms with Crippen molar-refractivity contribution in [1.82, 2.24) is 0 Å². The second kappa shape index (κ2) is 6.77. The summed E-state index contributed by atoms with van der Waals surface area (Å²) in [5.41, 5.74) is 4.00. The Morgan fingerprint density at radius 1 is 1.06 bits per heavy atom. The Bertz CT molecular complexity index is 345. The molecule has 2 N–H and O–H groups in total. The fourth-order valence-corrected chi connectivity index (χ4v) is 2.02. The van der Waals surface area contributed by atoms with Crippen molar-refractivity contribution in [3.63, 3.8) is 0 Å². The molecule has 0 fully saturated rings. The van der Waals surface area contributed by atoms with Crippen LogP contribution in [-0.4, -0.2) is 22.4 Å². The van der Waals surface area contributed by atoms with Crippen molar-refractivity contribution in [2.24, 2.45) is 0 Å². The van der Waals surface area contributed by atoms with E-state index in [2.05, 4.69) is 32.0 Å². The van der Waals surface area contributed by atoms with E-state index in [9.17, 15) is 10.2 Å². The molecule has 0 aliphatic carbocycles. The zero-order chi connectivity index (χ0) is 12.8. The quantitative estimate of drug-likeness (QED) is 0.796. The normalized spacial score (nSPS) is 14.6. The van der Waals surface area contributed by atoms with Gasteiger partial charge in [0.05, 0.1) is 12.2 Å². The molecule has 2 unspecified atom stereocenters. The van der Waals surface area contributed by atoms with Gasteiger partial charge in [-0.3, -0.25) is 0 Å². The molecule has 0 saturated heterocycles. The van der Waals surface area contributed by atoms with Gasteiger partial charge in [-0.1, -0.05) is 32.0 Å². The maximum atomic E-state index is 9.63. The SMILES string of the molecule is CCc1ccc(CC)c(CCC(O)C(C)O)c1. The van der Waals surface area contributed by atoms with Crippen molar-refractivity contribution in [2.45, 2.75) is 58.7 Å². The maximum Gasteiger partial charge on any atom is 0.0799 e. The molecule has 96 valence electrons. The van der Waals surface area contributed by atoms with Gasteiger partial charge in [0.2, 0.25) is 0 Å². The molecule has 0 saturated carbocycles. The predicted octanol–water partition coefficient (Wildman–Crippen LogP) is 2.49. The van der Waals surface area contributed by atoms with Crippen molar-refractivity contribution in [3.05, 3.63) is 34.9 Å². The molecule has 0 spiro atoms. The number of hydrogen-bond acceptors (Lipinski definition) is 2. The smallest absolute Gasteiger partial charge is 0.0799 e. The maximum absolute atomic E-state index is 9.63. The zero-order valence-corrected chi connectivity index (χ0v) is 11.1. The summed E-state index contributed by atoms with van der Waals surface area (Å²) in [6, 6.07) is 6.59. The largest absolute Gasteiger partial charge is 0.391 e. The van der Waals surface area contributed by atoms with Crippen LogP contribution in [0.4, 0.5) is 0 Å². The van der Waals surface area contributed by atoms with Gasteiger partial charge in [0.15, 0.2) is 0 Å². The van der Waals surface area contributed by atoms with Crippen molar-refractivity contribution >= 4 is 0 Å². The van der Waals surface area contributed by atoms with Gasteiger partial charge < -0.3 is 10.2 Å². The van der Waals surface area contributed by atoms with Crippen molar-refractivity contribution in [2.75, 3.05) is 0 Å². The number of hydrogen-bond donors (Lipinski definition) is 2. The van der Waals surface area contributed by atoms with Gasteiger partial charge in [0.25, 0.3) is 0 Å². The van der Waals surface area contributed by atoms with Gasteiger partial charge in [-0.15, -0.1) is 0 Å².